The van der Waals surface area contributed by atoms with Crippen molar-refractivity contribution in [2.45, 2.75) is 12.5 Å². The molecule has 0 aliphatic carbocycles. The first kappa shape index (κ1) is 12.6. The predicted octanol–water partition coefficient (Wildman–Crippen LogP) is 2.38. The molecule has 1 aromatic carbocycles. The Balaban J connectivity index is 2.17. The minimum Gasteiger partial charge on any atom is -0.372 e. The van der Waals surface area contributed by atoms with Crippen molar-refractivity contribution in [3.63, 3.8) is 0 Å². The molecule has 1 aliphatic rings. The third-order valence-corrected chi connectivity index (χ3v) is 3.79. The van der Waals surface area contributed by atoms with E-state index >= 15 is 0 Å². The molecule has 0 aromatic heterocycles. The molecule has 2 amide bonds. The number of carbonyl (C=O) groups is 2. The van der Waals surface area contributed by atoms with Gasteiger partial charge in [-0.2, -0.15) is 0 Å². The number of benzene rings is 1. The van der Waals surface area contributed by atoms with Crippen molar-refractivity contribution >= 4 is 49.4 Å². The second-order valence-electron chi connectivity index (χ2n) is 3.82. The zero-order valence-electron chi connectivity index (χ0n) is 9.04. The van der Waals surface area contributed by atoms with Crippen LogP contribution in [0.25, 0.3) is 0 Å². The number of amides is 2. The summed E-state index contributed by atoms with van der Waals surface area (Å²) >= 11 is 6.76. The van der Waals surface area contributed by atoms with Gasteiger partial charge in [-0.3, -0.25) is 14.5 Å². The van der Waals surface area contributed by atoms with Crippen LogP contribution in [0.1, 0.15) is 6.42 Å². The van der Waals surface area contributed by atoms with Crippen LogP contribution in [-0.2, 0) is 9.59 Å². The Morgan fingerprint density at radius 2 is 2.06 bits per heavy atom. The van der Waals surface area contributed by atoms with Crippen LogP contribution in [0.15, 0.2) is 27.1 Å². The first-order valence-corrected chi connectivity index (χ1v) is 6.59. The van der Waals surface area contributed by atoms with Crippen molar-refractivity contribution in [3.05, 3.63) is 27.1 Å². The number of hydrogen-bond acceptors (Lipinski definition) is 3. The van der Waals surface area contributed by atoms with Gasteiger partial charge in [0.25, 0.3) is 5.91 Å². The molecule has 2 rings (SSSR count). The molecule has 90 valence electrons. The minimum absolute atomic E-state index is 0.152. The maximum atomic E-state index is 11.7. The molecule has 1 saturated heterocycles. The second kappa shape index (κ2) is 4.78. The van der Waals surface area contributed by atoms with Crippen LogP contribution in [0.5, 0.6) is 0 Å². The molecular weight excluding hydrogens is 352 g/mol. The summed E-state index contributed by atoms with van der Waals surface area (Å²) in [6, 6.07) is 5.14. The third kappa shape index (κ3) is 2.52. The van der Waals surface area contributed by atoms with Gasteiger partial charge in [-0.25, -0.2) is 0 Å². The van der Waals surface area contributed by atoms with E-state index in [1.165, 1.54) is 7.05 Å². The fourth-order valence-electron chi connectivity index (χ4n) is 1.66. The Hall–Kier alpha value is -0.880. The quantitative estimate of drug-likeness (QED) is 0.823. The molecule has 0 bridgehead atoms. The van der Waals surface area contributed by atoms with Crippen molar-refractivity contribution in [1.82, 2.24) is 4.90 Å². The summed E-state index contributed by atoms with van der Waals surface area (Å²) in [5.74, 6) is -0.342. The number of nitrogens with one attached hydrogen (secondary N) is 1. The number of likely N-dealkylation sites (N-methyl/N-ethyl adjacent to an activating group) is 1. The predicted molar refractivity (Wildman–Crippen MR) is 71.6 cm³/mol. The summed E-state index contributed by atoms with van der Waals surface area (Å²) in [4.78, 5) is 24.2. The van der Waals surface area contributed by atoms with Gasteiger partial charge in [0.2, 0.25) is 5.91 Å². The molecule has 1 fully saturated rings. The first-order valence-electron chi connectivity index (χ1n) is 5.01. The van der Waals surface area contributed by atoms with E-state index in [0.29, 0.717) is 0 Å². The number of hydrogen-bond donors (Lipinski definition) is 1. The molecule has 17 heavy (non-hydrogen) atoms. The lowest BCUT2D eigenvalue weighted by atomic mass is 10.2. The van der Waals surface area contributed by atoms with Gasteiger partial charge in [-0.05, 0) is 34.1 Å². The molecule has 0 spiro atoms. The van der Waals surface area contributed by atoms with E-state index in [2.05, 4.69) is 37.2 Å². The van der Waals surface area contributed by atoms with Crippen LogP contribution in [-0.4, -0.2) is 29.8 Å². The van der Waals surface area contributed by atoms with Crippen LogP contribution in [0.2, 0.25) is 0 Å². The van der Waals surface area contributed by atoms with Crippen molar-refractivity contribution in [2.24, 2.45) is 0 Å². The molecule has 6 heteroatoms. The number of imide groups is 1. The van der Waals surface area contributed by atoms with Crippen LogP contribution >= 0.6 is 31.9 Å². The number of likely N-dealkylation sites (tertiary alicyclic amines) is 1. The maximum absolute atomic E-state index is 11.7. The smallest absolute Gasteiger partial charge is 0.251 e. The molecule has 4 nitrogen and oxygen atoms in total. The Morgan fingerprint density at radius 1 is 1.35 bits per heavy atom. The highest BCUT2D eigenvalue weighted by molar-refractivity contribution is 9.11. The fourth-order valence-corrected chi connectivity index (χ4v) is 2.82. The Bertz CT molecular complexity index is 490. The zero-order valence-corrected chi connectivity index (χ0v) is 12.2. The monoisotopic (exact) mass is 360 g/mol. The van der Waals surface area contributed by atoms with Crippen LogP contribution in [0.4, 0.5) is 5.69 Å². The van der Waals surface area contributed by atoms with Gasteiger partial charge in [0.05, 0.1) is 6.42 Å². The number of rotatable bonds is 2. The van der Waals surface area contributed by atoms with Gasteiger partial charge < -0.3 is 5.32 Å². The second-order valence-corrected chi connectivity index (χ2v) is 5.59. The maximum Gasteiger partial charge on any atom is 0.251 e. The third-order valence-electron chi connectivity index (χ3n) is 2.64. The van der Waals surface area contributed by atoms with Crippen molar-refractivity contribution < 1.29 is 9.59 Å². The lowest BCUT2D eigenvalue weighted by Gasteiger charge is -2.13. The molecule has 1 unspecified atom stereocenters. The first-order chi connectivity index (χ1) is 7.99. The topological polar surface area (TPSA) is 49.4 Å². The summed E-state index contributed by atoms with van der Waals surface area (Å²) in [5, 5.41) is 3.07. The van der Waals surface area contributed by atoms with E-state index in [0.717, 1.165) is 19.5 Å². The van der Waals surface area contributed by atoms with Gasteiger partial charge >= 0.3 is 0 Å². The van der Waals surface area contributed by atoms with Gasteiger partial charge in [-0.15, -0.1) is 0 Å². The van der Waals surface area contributed by atoms with E-state index in [4.69, 9.17) is 0 Å². The molecule has 1 heterocycles. The van der Waals surface area contributed by atoms with Crippen molar-refractivity contribution in [2.75, 3.05) is 12.4 Å². The van der Waals surface area contributed by atoms with Gasteiger partial charge in [0, 0.05) is 21.7 Å². The van der Waals surface area contributed by atoms with Gasteiger partial charge in [-0.1, -0.05) is 15.9 Å². The van der Waals surface area contributed by atoms with Crippen LogP contribution < -0.4 is 5.32 Å². The molecular formula is C11H10Br2N2O2. The molecule has 0 saturated carbocycles. The molecule has 1 aromatic rings. The van der Waals surface area contributed by atoms with E-state index in [9.17, 15) is 9.59 Å². The molecule has 1 atom stereocenters. The summed E-state index contributed by atoms with van der Waals surface area (Å²) in [5.41, 5.74) is 0.801. The summed E-state index contributed by atoms with van der Waals surface area (Å²) < 4.78 is 1.79. The minimum atomic E-state index is -0.468. The van der Waals surface area contributed by atoms with Crippen LogP contribution in [0, 0.1) is 0 Å². The highest BCUT2D eigenvalue weighted by Crippen LogP contribution is 2.28. The lowest BCUT2D eigenvalue weighted by Crippen LogP contribution is -2.31. The zero-order chi connectivity index (χ0) is 12.6. The average molecular weight is 362 g/mol. The molecule has 1 N–H and O–H groups in total. The highest BCUT2D eigenvalue weighted by atomic mass is 79.9. The number of carbonyl (C=O) groups excluding carboxylic acids is 2. The summed E-state index contributed by atoms with van der Waals surface area (Å²) in [7, 11) is 1.50. The van der Waals surface area contributed by atoms with Crippen molar-refractivity contribution in [1.29, 1.82) is 0 Å². The van der Waals surface area contributed by atoms with E-state index in [1.54, 1.807) is 0 Å². The fraction of sp³-hybridized carbons (Fsp3) is 0.273. The Labute approximate surface area is 116 Å². The Morgan fingerprint density at radius 3 is 2.59 bits per heavy atom. The number of halogens is 2. The Kier molecular flexibility index (Phi) is 3.53. The van der Waals surface area contributed by atoms with Gasteiger partial charge in [0.15, 0.2) is 0 Å². The summed E-state index contributed by atoms with van der Waals surface area (Å²) in [6.45, 7) is 0. The normalized spacial score (nSPS) is 19.9. The van der Waals surface area contributed by atoms with E-state index < -0.39 is 6.04 Å². The highest BCUT2D eigenvalue weighted by Gasteiger charge is 2.36. The summed E-state index contributed by atoms with van der Waals surface area (Å²) in [6.07, 6.45) is 0.206. The molecule has 1 aliphatic heterocycles. The van der Waals surface area contributed by atoms with E-state index in [1.807, 2.05) is 18.2 Å². The number of nitrogens with zero attached hydrogens (tertiary/aromatic N) is 1. The van der Waals surface area contributed by atoms with Gasteiger partial charge in [0.1, 0.15) is 6.04 Å². The van der Waals surface area contributed by atoms with E-state index in [-0.39, 0.29) is 18.2 Å². The van der Waals surface area contributed by atoms with Crippen LogP contribution in [0.3, 0.4) is 0 Å². The SMILES string of the molecule is CN1C(=O)CC(Nc2ccc(Br)cc2Br)C1=O. The van der Waals surface area contributed by atoms with Crippen molar-refractivity contribution in [3.8, 4) is 0 Å². The molecule has 0 radical (unpaired) electrons. The lowest BCUT2D eigenvalue weighted by molar-refractivity contribution is -0.136. The largest absolute Gasteiger partial charge is 0.372 e. The standard InChI is InChI=1S/C11H10Br2N2O2/c1-15-10(16)5-9(11(15)17)14-8-3-2-6(12)4-7(8)13/h2-4,9,14H,5H2,1H3. The average Bonchev–Trinajstić information content (AvgIpc) is 2.50. The number of anilines is 1.